The molecule has 0 radical (unpaired) electrons. The Kier molecular flexibility index (Phi) is 4.15. The minimum Gasteiger partial charge on any atom is -0.469 e. The van der Waals surface area contributed by atoms with Crippen molar-refractivity contribution in [2.75, 3.05) is 7.11 Å². The first kappa shape index (κ1) is 12.8. The Morgan fingerprint density at radius 1 is 1.17 bits per heavy atom. The molecule has 0 heterocycles. The lowest BCUT2D eigenvalue weighted by Gasteiger charge is -2.06. The Morgan fingerprint density at radius 3 is 2.67 bits per heavy atom. The average Bonchev–Trinajstić information content (AvgIpc) is 2.39. The van der Waals surface area contributed by atoms with Gasteiger partial charge in [0.2, 0.25) is 0 Å². The summed E-state index contributed by atoms with van der Waals surface area (Å²) in [5.41, 5.74) is 3.16. The summed E-state index contributed by atoms with van der Waals surface area (Å²) in [6.45, 7) is 0. The average molecular weight is 305 g/mol. The Hall–Kier alpha value is -1.61. The van der Waals surface area contributed by atoms with Gasteiger partial charge in [0.05, 0.1) is 13.5 Å². The minimum atomic E-state index is -0.223. The van der Waals surface area contributed by atoms with Crippen LogP contribution in [0.1, 0.15) is 5.56 Å². The van der Waals surface area contributed by atoms with Gasteiger partial charge in [0.15, 0.2) is 0 Å². The molecule has 0 unspecified atom stereocenters. The van der Waals surface area contributed by atoms with Crippen LogP contribution in [0.5, 0.6) is 0 Å². The maximum absolute atomic E-state index is 11.3. The highest BCUT2D eigenvalue weighted by molar-refractivity contribution is 9.10. The third-order valence-corrected chi connectivity index (χ3v) is 3.38. The molecule has 0 N–H and O–H groups in total. The van der Waals surface area contributed by atoms with Gasteiger partial charge < -0.3 is 4.74 Å². The molecular weight excluding hydrogens is 292 g/mol. The van der Waals surface area contributed by atoms with Gasteiger partial charge in [0.1, 0.15) is 0 Å². The summed E-state index contributed by atoms with van der Waals surface area (Å²) in [7, 11) is 1.40. The molecule has 2 rings (SSSR count). The molecule has 0 aliphatic carbocycles. The van der Waals surface area contributed by atoms with Crippen LogP contribution in [0.2, 0.25) is 0 Å². The van der Waals surface area contributed by atoms with E-state index < -0.39 is 0 Å². The summed E-state index contributed by atoms with van der Waals surface area (Å²) >= 11 is 3.53. The zero-order valence-corrected chi connectivity index (χ0v) is 11.6. The number of halogens is 1. The summed E-state index contributed by atoms with van der Waals surface area (Å²) in [4.78, 5) is 11.3. The van der Waals surface area contributed by atoms with E-state index in [1.165, 1.54) is 7.11 Å². The molecule has 0 atom stereocenters. The van der Waals surface area contributed by atoms with Crippen molar-refractivity contribution < 1.29 is 9.53 Å². The number of carbonyl (C=O) groups is 1. The number of methoxy groups -OCH3 is 1. The zero-order chi connectivity index (χ0) is 13.0. The lowest BCUT2D eigenvalue weighted by Crippen LogP contribution is -2.04. The van der Waals surface area contributed by atoms with E-state index in [2.05, 4.69) is 20.7 Å². The van der Waals surface area contributed by atoms with E-state index in [-0.39, 0.29) is 5.97 Å². The fraction of sp³-hybridized carbons (Fsp3) is 0.133. The Morgan fingerprint density at radius 2 is 1.94 bits per heavy atom. The fourth-order valence-corrected chi connectivity index (χ4v) is 2.30. The van der Waals surface area contributed by atoms with Crippen molar-refractivity contribution in [3.8, 4) is 11.1 Å². The monoisotopic (exact) mass is 304 g/mol. The van der Waals surface area contributed by atoms with Crippen molar-refractivity contribution >= 4 is 21.9 Å². The molecule has 0 fully saturated rings. The van der Waals surface area contributed by atoms with Crippen molar-refractivity contribution in [2.45, 2.75) is 6.42 Å². The highest BCUT2D eigenvalue weighted by atomic mass is 79.9. The van der Waals surface area contributed by atoms with Gasteiger partial charge in [0.25, 0.3) is 0 Å². The van der Waals surface area contributed by atoms with E-state index >= 15 is 0 Å². The third-order valence-electron chi connectivity index (χ3n) is 2.69. The highest BCUT2D eigenvalue weighted by Gasteiger charge is 2.06. The summed E-state index contributed by atoms with van der Waals surface area (Å²) in [6.07, 6.45) is 0.300. The van der Waals surface area contributed by atoms with Crippen LogP contribution < -0.4 is 0 Å². The van der Waals surface area contributed by atoms with Gasteiger partial charge in [-0.15, -0.1) is 0 Å². The molecule has 0 aliphatic heterocycles. The Balaban J connectivity index is 2.33. The summed E-state index contributed by atoms with van der Waals surface area (Å²) in [6, 6.07) is 15.9. The van der Waals surface area contributed by atoms with Crippen LogP contribution in [0.15, 0.2) is 53.0 Å². The van der Waals surface area contributed by atoms with Crippen molar-refractivity contribution in [1.82, 2.24) is 0 Å². The number of carbonyl (C=O) groups excluding carboxylic acids is 1. The normalized spacial score (nSPS) is 10.1. The third kappa shape index (κ3) is 2.99. The maximum atomic E-state index is 11.3. The molecular formula is C15H13BrO2. The van der Waals surface area contributed by atoms with E-state index in [9.17, 15) is 4.79 Å². The number of hydrogen-bond acceptors (Lipinski definition) is 2. The summed E-state index contributed by atoms with van der Waals surface area (Å²) in [5, 5.41) is 0. The molecule has 2 aromatic carbocycles. The second-order valence-electron chi connectivity index (χ2n) is 3.93. The van der Waals surface area contributed by atoms with Gasteiger partial charge in [-0.2, -0.15) is 0 Å². The van der Waals surface area contributed by atoms with Crippen LogP contribution in [0.4, 0.5) is 0 Å². The number of ether oxygens (including phenoxy) is 1. The first-order valence-electron chi connectivity index (χ1n) is 5.61. The molecule has 0 amide bonds. The second-order valence-corrected chi connectivity index (χ2v) is 4.79. The molecule has 0 saturated carbocycles. The molecule has 0 spiro atoms. The Bertz CT molecular complexity index is 564. The summed E-state index contributed by atoms with van der Waals surface area (Å²) in [5.74, 6) is -0.223. The molecule has 0 aromatic heterocycles. The van der Waals surface area contributed by atoms with E-state index in [1.54, 1.807) is 0 Å². The van der Waals surface area contributed by atoms with Gasteiger partial charge in [-0.05, 0) is 22.8 Å². The van der Waals surface area contributed by atoms with Gasteiger partial charge in [-0.25, -0.2) is 0 Å². The van der Waals surface area contributed by atoms with Crippen molar-refractivity contribution in [1.29, 1.82) is 0 Å². The first-order valence-corrected chi connectivity index (χ1v) is 6.40. The van der Waals surface area contributed by atoms with Crippen LogP contribution in [-0.2, 0) is 16.0 Å². The van der Waals surface area contributed by atoms with E-state index in [0.29, 0.717) is 6.42 Å². The largest absolute Gasteiger partial charge is 0.469 e. The molecule has 3 heteroatoms. The van der Waals surface area contributed by atoms with Crippen LogP contribution in [-0.4, -0.2) is 13.1 Å². The standard InChI is InChI=1S/C15H13BrO2/c1-18-15(17)10-11-5-4-6-12(9-11)13-7-2-3-8-14(13)16/h2-9H,10H2,1H3. The smallest absolute Gasteiger partial charge is 0.309 e. The fourth-order valence-electron chi connectivity index (χ4n) is 1.78. The first-order chi connectivity index (χ1) is 8.70. The molecule has 92 valence electrons. The van der Waals surface area contributed by atoms with Crippen molar-refractivity contribution in [3.63, 3.8) is 0 Å². The summed E-state index contributed by atoms with van der Waals surface area (Å²) < 4.78 is 5.72. The van der Waals surface area contributed by atoms with Gasteiger partial charge in [-0.3, -0.25) is 4.79 Å². The molecule has 2 nitrogen and oxygen atoms in total. The number of benzene rings is 2. The van der Waals surface area contributed by atoms with E-state index in [1.807, 2.05) is 48.5 Å². The highest BCUT2D eigenvalue weighted by Crippen LogP contribution is 2.28. The van der Waals surface area contributed by atoms with Crippen LogP contribution in [0, 0.1) is 0 Å². The Labute approximate surface area is 115 Å². The quantitative estimate of drug-likeness (QED) is 0.806. The van der Waals surface area contributed by atoms with Crippen LogP contribution >= 0.6 is 15.9 Å². The minimum absolute atomic E-state index is 0.223. The zero-order valence-electron chi connectivity index (χ0n) is 10.0. The predicted molar refractivity (Wildman–Crippen MR) is 75.3 cm³/mol. The molecule has 2 aromatic rings. The molecule has 0 saturated heterocycles. The molecule has 0 bridgehead atoms. The van der Waals surface area contributed by atoms with Crippen molar-refractivity contribution in [2.24, 2.45) is 0 Å². The van der Waals surface area contributed by atoms with Crippen LogP contribution in [0.25, 0.3) is 11.1 Å². The molecule has 0 aliphatic rings. The SMILES string of the molecule is COC(=O)Cc1cccc(-c2ccccc2Br)c1. The van der Waals surface area contributed by atoms with E-state index in [0.717, 1.165) is 21.2 Å². The van der Waals surface area contributed by atoms with Crippen molar-refractivity contribution in [3.05, 3.63) is 58.6 Å². The van der Waals surface area contributed by atoms with Gasteiger partial charge >= 0.3 is 5.97 Å². The lowest BCUT2D eigenvalue weighted by atomic mass is 10.0. The topological polar surface area (TPSA) is 26.3 Å². The van der Waals surface area contributed by atoms with Gasteiger partial charge in [-0.1, -0.05) is 58.4 Å². The number of rotatable bonds is 3. The maximum Gasteiger partial charge on any atom is 0.309 e. The molecule has 18 heavy (non-hydrogen) atoms. The van der Waals surface area contributed by atoms with E-state index in [4.69, 9.17) is 0 Å². The number of hydrogen-bond donors (Lipinski definition) is 0. The van der Waals surface area contributed by atoms with Crippen LogP contribution in [0.3, 0.4) is 0 Å². The predicted octanol–water partition coefficient (Wildman–Crippen LogP) is 3.83. The second kappa shape index (κ2) is 5.83. The van der Waals surface area contributed by atoms with Gasteiger partial charge in [0, 0.05) is 4.47 Å². The lowest BCUT2D eigenvalue weighted by molar-refractivity contribution is -0.139. The number of esters is 1.